The number of furan rings is 1. The summed E-state index contributed by atoms with van der Waals surface area (Å²) in [6, 6.07) is 11.2. The summed E-state index contributed by atoms with van der Waals surface area (Å²) in [7, 11) is 0. The van der Waals surface area contributed by atoms with E-state index in [2.05, 4.69) is 10.3 Å². The number of benzene rings is 2. The maximum absolute atomic E-state index is 13.2. The number of fused-ring (bicyclic) bond motifs is 3. The van der Waals surface area contributed by atoms with E-state index in [-0.39, 0.29) is 22.1 Å². The highest BCUT2D eigenvalue weighted by molar-refractivity contribution is 6.40. The van der Waals surface area contributed by atoms with Crippen LogP contribution in [-0.4, -0.2) is 17.0 Å². The molecule has 0 radical (unpaired) electrons. The van der Waals surface area contributed by atoms with E-state index in [9.17, 15) is 4.79 Å². The summed E-state index contributed by atoms with van der Waals surface area (Å²) in [5.74, 6) is 0.318. The van der Waals surface area contributed by atoms with Gasteiger partial charge < -0.3 is 14.5 Å². The van der Waals surface area contributed by atoms with Crippen LogP contribution in [0.25, 0.3) is 21.9 Å². The number of nitrogens with zero attached hydrogens (tertiary/aromatic N) is 1. The highest BCUT2D eigenvalue weighted by atomic mass is 35.5. The summed E-state index contributed by atoms with van der Waals surface area (Å²) in [4.78, 5) is 17.1. The number of rotatable bonds is 4. The first-order valence-corrected chi connectivity index (χ1v) is 10.6. The molecular formula is C23H18Cl2N2O3. The van der Waals surface area contributed by atoms with E-state index in [1.807, 2.05) is 24.3 Å². The van der Waals surface area contributed by atoms with Gasteiger partial charge in [0, 0.05) is 23.2 Å². The third-order valence-electron chi connectivity index (χ3n) is 5.42. The molecule has 30 heavy (non-hydrogen) atoms. The quantitative estimate of drug-likeness (QED) is 0.376. The molecule has 0 bridgehead atoms. The Morgan fingerprint density at radius 3 is 2.57 bits per heavy atom. The number of pyridine rings is 1. The molecule has 152 valence electrons. The average molecular weight is 441 g/mol. The monoisotopic (exact) mass is 440 g/mol. The van der Waals surface area contributed by atoms with Crippen LogP contribution in [-0.2, 0) is 0 Å². The second-order valence-electron chi connectivity index (χ2n) is 7.37. The number of carbonyl (C=O) groups is 1. The third-order valence-corrected chi connectivity index (χ3v) is 6.00. The molecule has 1 aliphatic rings. The zero-order valence-corrected chi connectivity index (χ0v) is 17.5. The molecule has 2 heterocycles. The highest BCUT2D eigenvalue weighted by Crippen LogP contribution is 2.39. The lowest BCUT2D eigenvalue weighted by atomic mass is 10.0. The summed E-state index contributed by atoms with van der Waals surface area (Å²) < 4.78 is 12.3. The summed E-state index contributed by atoms with van der Waals surface area (Å²) >= 11 is 12.3. The third kappa shape index (κ3) is 3.38. The second-order valence-corrected chi connectivity index (χ2v) is 8.18. The minimum Gasteiger partial charge on any atom is -0.486 e. The van der Waals surface area contributed by atoms with Gasteiger partial charge in [0.15, 0.2) is 11.3 Å². The van der Waals surface area contributed by atoms with Crippen molar-refractivity contribution >= 4 is 56.7 Å². The molecule has 1 amide bonds. The van der Waals surface area contributed by atoms with Crippen molar-refractivity contribution < 1.29 is 13.9 Å². The van der Waals surface area contributed by atoms with Crippen LogP contribution in [0.15, 0.2) is 53.2 Å². The zero-order chi connectivity index (χ0) is 20.7. The summed E-state index contributed by atoms with van der Waals surface area (Å²) in [5.41, 5.74) is 2.05. The van der Waals surface area contributed by atoms with Gasteiger partial charge >= 0.3 is 0 Å². The number of para-hydroxylation sites is 1. The molecule has 0 atom stereocenters. The molecule has 0 aliphatic heterocycles. The van der Waals surface area contributed by atoms with Gasteiger partial charge in [-0.15, -0.1) is 0 Å². The molecule has 2 aromatic carbocycles. The van der Waals surface area contributed by atoms with Gasteiger partial charge in [0.25, 0.3) is 5.91 Å². The van der Waals surface area contributed by atoms with Crippen molar-refractivity contribution in [1.82, 2.24) is 4.98 Å². The van der Waals surface area contributed by atoms with Crippen LogP contribution in [0, 0.1) is 0 Å². The lowest BCUT2D eigenvalue weighted by Gasteiger charge is -2.14. The number of hydrogen-bond acceptors (Lipinski definition) is 4. The fourth-order valence-corrected chi connectivity index (χ4v) is 4.44. The first kappa shape index (κ1) is 19.2. The Balaban J connectivity index is 1.62. The van der Waals surface area contributed by atoms with E-state index < -0.39 is 0 Å². The van der Waals surface area contributed by atoms with Crippen LogP contribution < -0.4 is 10.1 Å². The van der Waals surface area contributed by atoms with Crippen molar-refractivity contribution in [2.24, 2.45) is 0 Å². The molecule has 4 aromatic rings. The van der Waals surface area contributed by atoms with Crippen LogP contribution in [0.2, 0.25) is 10.0 Å². The minimum atomic E-state index is -0.339. The summed E-state index contributed by atoms with van der Waals surface area (Å²) in [5, 5.41) is 4.90. The normalized spacial score (nSPS) is 14.5. The largest absolute Gasteiger partial charge is 0.486 e. The van der Waals surface area contributed by atoms with Gasteiger partial charge in [0.2, 0.25) is 0 Å². The van der Waals surface area contributed by atoms with Crippen molar-refractivity contribution in [3.8, 4) is 5.75 Å². The van der Waals surface area contributed by atoms with Gasteiger partial charge in [-0.3, -0.25) is 9.78 Å². The van der Waals surface area contributed by atoms with E-state index in [1.54, 1.807) is 12.1 Å². The molecule has 7 heteroatoms. The first-order chi connectivity index (χ1) is 14.6. The highest BCUT2D eigenvalue weighted by Gasteiger charge is 2.23. The van der Waals surface area contributed by atoms with Gasteiger partial charge in [-0.1, -0.05) is 41.4 Å². The van der Waals surface area contributed by atoms with E-state index in [0.717, 1.165) is 18.2 Å². The van der Waals surface area contributed by atoms with E-state index in [4.69, 9.17) is 32.4 Å². The van der Waals surface area contributed by atoms with Crippen molar-refractivity contribution in [2.45, 2.75) is 31.8 Å². The molecule has 1 saturated carbocycles. The van der Waals surface area contributed by atoms with E-state index >= 15 is 0 Å². The molecule has 5 nitrogen and oxygen atoms in total. The molecule has 0 spiro atoms. The lowest BCUT2D eigenvalue weighted by molar-refractivity contribution is 0.102. The van der Waals surface area contributed by atoms with Crippen molar-refractivity contribution in [2.75, 3.05) is 5.32 Å². The molecule has 1 fully saturated rings. The maximum Gasteiger partial charge on any atom is 0.256 e. The molecule has 0 unspecified atom stereocenters. The Morgan fingerprint density at radius 1 is 1.07 bits per heavy atom. The zero-order valence-electron chi connectivity index (χ0n) is 16.0. The Morgan fingerprint density at radius 2 is 1.80 bits per heavy atom. The van der Waals surface area contributed by atoms with Crippen LogP contribution in [0.3, 0.4) is 0 Å². The van der Waals surface area contributed by atoms with Gasteiger partial charge in [0.05, 0.1) is 27.4 Å². The Hall–Kier alpha value is -2.76. The standard InChI is InChI=1S/C23H18Cl2N2O3/c24-16-11-26-12-17(25)21(16)27-23(28)15-9-10-19(29-13-5-1-2-6-13)22-20(15)14-7-3-4-8-18(14)30-22/h3-4,7-13H,1-2,5-6H2,(H,26,27,28). The van der Waals surface area contributed by atoms with Crippen LogP contribution in [0.5, 0.6) is 5.75 Å². The smallest absolute Gasteiger partial charge is 0.256 e. The second kappa shape index (κ2) is 7.82. The van der Waals surface area contributed by atoms with Crippen LogP contribution in [0.4, 0.5) is 5.69 Å². The van der Waals surface area contributed by atoms with Crippen LogP contribution in [0.1, 0.15) is 36.0 Å². The summed E-state index contributed by atoms with van der Waals surface area (Å²) in [6.07, 6.45) is 7.44. The fraction of sp³-hybridized carbons (Fsp3) is 0.217. The molecule has 5 rings (SSSR count). The van der Waals surface area contributed by atoms with Gasteiger partial charge in [-0.05, 0) is 43.9 Å². The number of aromatic nitrogens is 1. The topological polar surface area (TPSA) is 64.4 Å². The lowest BCUT2D eigenvalue weighted by Crippen LogP contribution is -2.14. The summed E-state index contributed by atoms with van der Waals surface area (Å²) in [6.45, 7) is 0. The van der Waals surface area contributed by atoms with Gasteiger partial charge in [-0.2, -0.15) is 0 Å². The Kier molecular flexibility index (Phi) is 5.01. The number of hydrogen-bond donors (Lipinski definition) is 1. The van der Waals surface area contributed by atoms with E-state index in [1.165, 1.54) is 25.2 Å². The number of ether oxygens (including phenoxy) is 1. The average Bonchev–Trinajstić information content (AvgIpc) is 3.39. The number of anilines is 1. The number of nitrogens with one attached hydrogen (secondary N) is 1. The van der Waals surface area contributed by atoms with Crippen molar-refractivity contribution in [1.29, 1.82) is 0 Å². The number of carbonyl (C=O) groups excluding carboxylic acids is 1. The van der Waals surface area contributed by atoms with E-state index in [0.29, 0.717) is 33.6 Å². The first-order valence-electron chi connectivity index (χ1n) is 9.83. The molecule has 2 aromatic heterocycles. The van der Waals surface area contributed by atoms with Crippen molar-refractivity contribution in [3.05, 3.63) is 64.4 Å². The predicted octanol–water partition coefficient (Wildman–Crippen LogP) is 6.86. The Labute approximate surface area is 182 Å². The molecule has 0 saturated heterocycles. The van der Waals surface area contributed by atoms with Gasteiger partial charge in [-0.25, -0.2) is 0 Å². The number of halogens is 2. The Bertz CT molecular complexity index is 1240. The predicted molar refractivity (Wildman–Crippen MR) is 119 cm³/mol. The molecular weight excluding hydrogens is 423 g/mol. The van der Waals surface area contributed by atoms with Crippen LogP contribution >= 0.6 is 23.2 Å². The van der Waals surface area contributed by atoms with Crippen molar-refractivity contribution in [3.63, 3.8) is 0 Å². The maximum atomic E-state index is 13.2. The molecule has 1 aliphatic carbocycles. The van der Waals surface area contributed by atoms with Gasteiger partial charge in [0.1, 0.15) is 5.58 Å². The number of amides is 1. The minimum absolute atomic E-state index is 0.176. The molecule has 1 N–H and O–H groups in total. The SMILES string of the molecule is O=C(Nc1c(Cl)cncc1Cl)c1ccc(OC2CCCC2)c2oc3ccccc3c12. The fourth-order valence-electron chi connectivity index (χ4n) is 3.98.